The molecule has 4 rings (SSSR count). The lowest BCUT2D eigenvalue weighted by molar-refractivity contribution is 0.283. The molecule has 0 spiro atoms. The Balaban J connectivity index is 1.26. The standard InChI is InChI=1S/C27H40N4/c1-20-14-22(3)26(23(4)15-20)30-12-10-28(18-30)8-7-9-29-11-13-31(19-29)27-24(5)16-21(2)17-25(27)6/h14-17H,7-13,18-19H2,1-6H3. The largest absolute Gasteiger partial charge is 0.357 e. The smallest absolute Gasteiger partial charge is 0.0708 e. The second-order valence-corrected chi connectivity index (χ2v) is 9.89. The molecule has 31 heavy (non-hydrogen) atoms. The van der Waals surface area contributed by atoms with Gasteiger partial charge in [0.1, 0.15) is 0 Å². The van der Waals surface area contributed by atoms with Gasteiger partial charge in [-0.05, 0) is 70.2 Å². The van der Waals surface area contributed by atoms with E-state index in [0.717, 1.165) is 26.4 Å². The summed E-state index contributed by atoms with van der Waals surface area (Å²) in [5.74, 6) is 0. The average Bonchev–Trinajstić information content (AvgIpc) is 3.30. The highest BCUT2D eigenvalue weighted by Crippen LogP contribution is 2.29. The molecule has 0 aromatic heterocycles. The second-order valence-electron chi connectivity index (χ2n) is 9.89. The third-order valence-corrected chi connectivity index (χ3v) is 6.97. The van der Waals surface area contributed by atoms with Crippen LogP contribution in [0.4, 0.5) is 11.4 Å². The van der Waals surface area contributed by atoms with Gasteiger partial charge in [0.25, 0.3) is 0 Å². The first kappa shape index (κ1) is 22.2. The van der Waals surface area contributed by atoms with Crippen molar-refractivity contribution in [2.24, 2.45) is 0 Å². The van der Waals surface area contributed by atoms with Crippen LogP contribution in [0.25, 0.3) is 0 Å². The Hall–Kier alpha value is -2.04. The molecule has 0 aliphatic carbocycles. The lowest BCUT2D eigenvalue weighted by Gasteiger charge is -2.25. The van der Waals surface area contributed by atoms with E-state index < -0.39 is 0 Å². The van der Waals surface area contributed by atoms with Gasteiger partial charge in [0.05, 0.1) is 13.3 Å². The highest BCUT2D eigenvalue weighted by atomic mass is 15.4. The molecule has 4 nitrogen and oxygen atoms in total. The van der Waals surface area contributed by atoms with Crippen LogP contribution in [0.2, 0.25) is 0 Å². The van der Waals surface area contributed by atoms with Crippen LogP contribution in [-0.4, -0.2) is 62.4 Å². The highest BCUT2D eigenvalue weighted by molar-refractivity contribution is 5.61. The second kappa shape index (κ2) is 9.22. The minimum atomic E-state index is 1.07. The Morgan fingerprint density at radius 2 is 0.903 bits per heavy atom. The quantitative estimate of drug-likeness (QED) is 0.666. The van der Waals surface area contributed by atoms with Crippen molar-refractivity contribution in [1.82, 2.24) is 9.80 Å². The van der Waals surface area contributed by atoms with E-state index in [0.29, 0.717) is 0 Å². The van der Waals surface area contributed by atoms with Crippen LogP contribution < -0.4 is 9.80 Å². The number of hydrogen-bond acceptors (Lipinski definition) is 4. The number of benzene rings is 2. The fourth-order valence-electron chi connectivity index (χ4n) is 5.88. The van der Waals surface area contributed by atoms with Crippen LogP contribution in [0.5, 0.6) is 0 Å². The van der Waals surface area contributed by atoms with Crippen LogP contribution in [0.1, 0.15) is 39.8 Å². The maximum absolute atomic E-state index is 2.63. The molecule has 0 saturated carbocycles. The summed E-state index contributed by atoms with van der Waals surface area (Å²) in [5, 5.41) is 0. The number of rotatable bonds is 6. The van der Waals surface area contributed by atoms with Crippen LogP contribution in [0, 0.1) is 41.5 Å². The summed E-state index contributed by atoms with van der Waals surface area (Å²) in [6, 6.07) is 9.28. The van der Waals surface area contributed by atoms with Crippen molar-refractivity contribution in [3.8, 4) is 0 Å². The minimum absolute atomic E-state index is 1.07. The van der Waals surface area contributed by atoms with Crippen molar-refractivity contribution >= 4 is 11.4 Å². The molecule has 2 aliphatic rings. The van der Waals surface area contributed by atoms with Crippen molar-refractivity contribution in [2.75, 3.05) is 62.4 Å². The van der Waals surface area contributed by atoms with E-state index in [2.05, 4.69) is 85.4 Å². The molecule has 2 heterocycles. The molecule has 2 saturated heterocycles. The Labute approximate surface area is 189 Å². The molecule has 0 amide bonds. The minimum Gasteiger partial charge on any atom is -0.357 e. The lowest BCUT2D eigenvalue weighted by atomic mass is 10.0. The van der Waals surface area contributed by atoms with Crippen molar-refractivity contribution in [1.29, 1.82) is 0 Å². The summed E-state index contributed by atoms with van der Waals surface area (Å²) in [6.07, 6.45) is 1.25. The summed E-state index contributed by atoms with van der Waals surface area (Å²) >= 11 is 0. The molecule has 0 atom stereocenters. The predicted molar refractivity (Wildman–Crippen MR) is 133 cm³/mol. The maximum Gasteiger partial charge on any atom is 0.0708 e. The van der Waals surface area contributed by atoms with E-state index >= 15 is 0 Å². The highest BCUT2D eigenvalue weighted by Gasteiger charge is 2.25. The molecular weight excluding hydrogens is 380 g/mol. The molecule has 0 N–H and O–H groups in total. The summed E-state index contributed by atoms with van der Waals surface area (Å²) in [5.41, 5.74) is 11.3. The zero-order chi connectivity index (χ0) is 22.1. The van der Waals surface area contributed by atoms with Gasteiger partial charge in [-0.3, -0.25) is 9.80 Å². The van der Waals surface area contributed by atoms with Crippen molar-refractivity contribution in [2.45, 2.75) is 48.0 Å². The molecule has 2 fully saturated rings. The van der Waals surface area contributed by atoms with Gasteiger partial charge in [-0.2, -0.15) is 0 Å². The zero-order valence-corrected chi connectivity index (χ0v) is 20.5. The topological polar surface area (TPSA) is 13.0 Å². The predicted octanol–water partition coefficient (Wildman–Crippen LogP) is 4.79. The molecule has 168 valence electrons. The van der Waals surface area contributed by atoms with Crippen LogP contribution in [0.3, 0.4) is 0 Å². The van der Waals surface area contributed by atoms with Crippen LogP contribution in [0.15, 0.2) is 24.3 Å². The first-order valence-electron chi connectivity index (χ1n) is 11.9. The first-order chi connectivity index (χ1) is 14.8. The van der Waals surface area contributed by atoms with Gasteiger partial charge in [0.2, 0.25) is 0 Å². The van der Waals surface area contributed by atoms with E-state index in [1.165, 1.54) is 77.4 Å². The summed E-state index contributed by atoms with van der Waals surface area (Å²) < 4.78 is 0. The van der Waals surface area contributed by atoms with Gasteiger partial charge >= 0.3 is 0 Å². The van der Waals surface area contributed by atoms with E-state index in [1.807, 2.05) is 0 Å². The molecule has 4 heteroatoms. The molecular formula is C27H40N4. The summed E-state index contributed by atoms with van der Waals surface area (Å²) in [7, 11) is 0. The third kappa shape index (κ3) is 4.91. The Kier molecular flexibility index (Phi) is 6.59. The van der Waals surface area contributed by atoms with Crippen LogP contribution >= 0.6 is 0 Å². The zero-order valence-electron chi connectivity index (χ0n) is 20.5. The first-order valence-corrected chi connectivity index (χ1v) is 11.9. The van der Waals surface area contributed by atoms with E-state index in [9.17, 15) is 0 Å². The van der Waals surface area contributed by atoms with Crippen molar-refractivity contribution in [3.05, 3.63) is 57.6 Å². The van der Waals surface area contributed by atoms with Gasteiger partial charge < -0.3 is 9.80 Å². The number of hydrogen-bond donors (Lipinski definition) is 0. The van der Waals surface area contributed by atoms with Gasteiger partial charge in [-0.15, -0.1) is 0 Å². The van der Waals surface area contributed by atoms with E-state index in [-0.39, 0.29) is 0 Å². The van der Waals surface area contributed by atoms with Crippen LogP contribution in [-0.2, 0) is 0 Å². The van der Waals surface area contributed by atoms with E-state index in [4.69, 9.17) is 0 Å². The monoisotopic (exact) mass is 420 g/mol. The van der Waals surface area contributed by atoms with Gasteiger partial charge in [0, 0.05) is 50.6 Å². The fraction of sp³-hybridized carbons (Fsp3) is 0.556. The number of anilines is 2. The SMILES string of the molecule is Cc1cc(C)c(N2CCN(CCCN3CCN(c4c(C)cc(C)cc4C)C3)C2)c(C)c1. The lowest BCUT2D eigenvalue weighted by Crippen LogP contribution is -2.31. The number of nitrogens with zero attached hydrogens (tertiary/aromatic N) is 4. The van der Waals surface area contributed by atoms with Gasteiger partial charge in [-0.25, -0.2) is 0 Å². The molecule has 0 bridgehead atoms. The van der Waals surface area contributed by atoms with Crippen molar-refractivity contribution < 1.29 is 0 Å². The summed E-state index contributed by atoms with van der Waals surface area (Å²) in [4.78, 5) is 10.4. The normalized spacial score (nSPS) is 17.9. The summed E-state index contributed by atoms with van der Waals surface area (Å²) in [6.45, 7) is 22.6. The molecule has 2 aliphatic heterocycles. The van der Waals surface area contributed by atoms with Crippen molar-refractivity contribution in [3.63, 3.8) is 0 Å². The maximum atomic E-state index is 2.63. The Morgan fingerprint density at radius 1 is 0.548 bits per heavy atom. The Bertz CT molecular complexity index is 813. The average molecular weight is 421 g/mol. The van der Waals surface area contributed by atoms with Gasteiger partial charge in [-0.1, -0.05) is 35.4 Å². The third-order valence-electron chi connectivity index (χ3n) is 6.97. The number of aryl methyl sites for hydroxylation is 6. The fourth-order valence-corrected chi connectivity index (χ4v) is 5.88. The van der Waals surface area contributed by atoms with Gasteiger partial charge in [0.15, 0.2) is 0 Å². The molecule has 0 radical (unpaired) electrons. The van der Waals surface area contributed by atoms with E-state index in [1.54, 1.807) is 0 Å². The molecule has 2 aromatic carbocycles. The molecule has 0 unspecified atom stereocenters. The Morgan fingerprint density at radius 3 is 1.26 bits per heavy atom. The molecule has 2 aromatic rings.